The molecule has 4 N–H and O–H groups in total. The highest BCUT2D eigenvalue weighted by Gasteiger charge is 2.69. The van der Waals surface area contributed by atoms with E-state index >= 15 is 0 Å². The van der Waals surface area contributed by atoms with Gasteiger partial charge in [-0.1, -0.05) is 6.07 Å². The van der Waals surface area contributed by atoms with Gasteiger partial charge in [-0.15, -0.1) is 0 Å². The van der Waals surface area contributed by atoms with E-state index in [0.717, 1.165) is 0 Å². The Morgan fingerprint density at radius 1 is 1.10 bits per heavy atom. The van der Waals surface area contributed by atoms with Gasteiger partial charge in [0, 0.05) is 12.1 Å². The number of Topliss-reactive ketones (excluding diaryl/α,β-unsaturated/α-hetero) is 4. The van der Waals surface area contributed by atoms with E-state index in [9.17, 15) is 34.2 Å². The van der Waals surface area contributed by atoms with Crippen LogP contribution < -0.4 is 15.2 Å². The van der Waals surface area contributed by atoms with Gasteiger partial charge in [0.05, 0.1) is 37.3 Å². The second-order valence-electron chi connectivity index (χ2n) is 10.6. The van der Waals surface area contributed by atoms with Gasteiger partial charge < -0.3 is 25.4 Å². The number of likely N-dealkylation sites (N-methyl/N-ethyl adjacent to an activating group) is 1. The van der Waals surface area contributed by atoms with Crippen molar-refractivity contribution in [3.05, 3.63) is 29.5 Å². The number of phenols is 1. The van der Waals surface area contributed by atoms with E-state index in [1.807, 2.05) is 0 Å². The normalized spacial score (nSPS) is 29.5. The molecule has 3 aliphatic rings. The van der Waals surface area contributed by atoms with Gasteiger partial charge in [-0.2, -0.15) is 4.98 Å². The van der Waals surface area contributed by atoms with Gasteiger partial charge in [-0.25, -0.2) is 4.98 Å². The Bertz CT molecular complexity index is 1490. The number of carbonyl (C=O) groups is 5. The van der Waals surface area contributed by atoms with Gasteiger partial charge in [0.2, 0.25) is 11.8 Å². The minimum atomic E-state index is -2.78. The second-order valence-corrected chi connectivity index (χ2v) is 10.6. The molecule has 210 valence electrons. The summed E-state index contributed by atoms with van der Waals surface area (Å²) in [5.41, 5.74) is 3.71. The van der Waals surface area contributed by atoms with Gasteiger partial charge in [0.25, 0.3) is 0 Å². The first kappa shape index (κ1) is 27.3. The maximum absolute atomic E-state index is 13.9. The molecule has 13 heteroatoms. The lowest BCUT2D eigenvalue weighted by molar-refractivity contribution is -0.181. The molecular weight excluding hydrogens is 524 g/mol. The zero-order chi connectivity index (χ0) is 29.3. The molecule has 1 aromatic carbocycles. The zero-order valence-corrected chi connectivity index (χ0v) is 22.2. The van der Waals surface area contributed by atoms with E-state index in [4.69, 9.17) is 15.2 Å². The van der Waals surface area contributed by atoms with E-state index in [1.165, 1.54) is 45.5 Å². The van der Waals surface area contributed by atoms with Crippen LogP contribution in [0.25, 0.3) is 11.1 Å². The van der Waals surface area contributed by atoms with Crippen LogP contribution in [0, 0.1) is 23.7 Å². The van der Waals surface area contributed by atoms with Gasteiger partial charge in [0.15, 0.2) is 34.7 Å². The molecule has 0 saturated heterocycles. The van der Waals surface area contributed by atoms with Crippen molar-refractivity contribution < 1.29 is 43.7 Å². The summed E-state index contributed by atoms with van der Waals surface area (Å²) >= 11 is 0. The molecule has 2 unspecified atom stereocenters. The lowest BCUT2D eigenvalue weighted by atomic mass is 9.52. The van der Waals surface area contributed by atoms with Crippen LogP contribution >= 0.6 is 0 Å². The minimum absolute atomic E-state index is 0.0529. The Morgan fingerprint density at radius 3 is 2.40 bits per heavy atom. The Kier molecular flexibility index (Phi) is 6.46. The number of carbonyl (C=O) groups excluding carboxylic acids is 5. The first-order chi connectivity index (χ1) is 18.9. The number of phenolic OH excluding ortho intramolecular Hbond substituents is 1. The van der Waals surface area contributed by atoms with Crippen molar-refractivity contribution in [1.29, 1.82) is 0 Å². The molecule has 2 fully saturated rings. The van der Waals surface area contributed by atoms with Gasteiger partial charge >= 0.3 is 6.01 Å². The number of rotatable bonds is 5. The number of nitrogens with zero attached hydrogens (tertiary/aromatic N) is 3. The van der Waals surface area contributed by atoms with E-state index in [1.54, 1.807) is 6.07 Å². The standard InChI is InChI=1S/C27H28N4O9/c1-31(2)19-14-8-10-7-12-11(13-9-29-26(40-4)30-25(13)39-3)5-6-15(32)17(12)20(33)16(10)22(35)27(14,38)23(36)18(21(19)34)24(28)37/h5-6,9-10,14,16,18-19,32,38H,7-8H2,1-4H3,(H2,28,37)/t10-,14-,16?,18?,19-,27-/m1/s1. The SMILES string of the molecule is COc1ncc(-c2ccc(O)c3c2C[C@@H]2C[C@@H]4[C@@H](N(C)C)C(=O)C(C(N)=O)C(=O)[C@]4(O)C(=O)C2C3=O)c(OC)n1. The van der Waals surface area contributed by atoms with Crippen LogP contribution in [0.15, 0.2) is 18.3 Å². The number of hydrogen-bond donors (Lipinski definition) is 3. The fraction of sp³-hybridized carbons (Fsp3) is 0.444. The average molecular weight is 553 g/mol. The number of aliphatic hydroxyl groups is 1. The van der Waals surface area contributed by atoms with Crippen molar-refractivity contribution in [3.8, 4) is 28.8 Å². The Hall–Kier alpha value is -4.23. The van der Waals surface area contributed by atoms with Crippen LogP contribution in [0.3, 0.4) is 0 Å². The highest BCUT2D eigenvalue weighted by molar-refractivity contribution is 6.32. The van der Waals surface area contributed by atoms with Crippen LogP contribution in [0.1, 0.15) is 22.3 Å². The van der Waals surface area contributed by atoms with Gasteiger partial charge in [0.1, 0.15) is 5.75 Å². The first-order valence-corrected chi connectivity index (χ1v) is 12.5. The summed E-state index contributed by atoms with van der Waals surface area (Å²) in [6.45, 7) is 0. The molecule has 0 radical (unpaired) electrons. The van der Waals surface area contributed by atoms with Crippen LogP contribution in [0.5, 0.6) is 17.6 Å². The van der Waals surface area contributed by atoms with Crippen molar-refractivity contribution >= 4 is 29.0 Å². The summed E-state index contributed by atoms with van der Waals surface area (Å²) in [5, 5.41) is 22.4. The van der Waals surface area contributed by atoms with E-state index < -0.39 is 64.4 Å². The minimum Gasteiger partial charge on any atom is -0.507 e. The highest BCUT2D eigenvalue weighted by atomic mass is 16.5. The van der Waals surface area contributed by atoms with Gasteiger partial charge in [-0.3, -0.25) is 28.9 Å². The molecular formula is C27H28N4O9. The number of ether oxygens (including phenoxy) is 2. The molecule has 2 saturated carbocycles. The monoisotopic (exact) mass is 552 g/mol. The number of methoxy groups -OCH3 is 2. The van der Waals surface area contributed by atoms with Crippen molar-refractivity contribution in [3.63, 3.8) is 0 Å². The second kappa shape index (κ2) is 9.45. The Morgan fingerprint density at radius 2 is 1.80 bits per heavy atom. The Balaban J connectivity index is 1.66. The van der Waals surface area contributed by atoms with Crippen LogP contribution in [0.4, 0.5) is 0 Å². The molecule has 6 atom stereocenters. The molecule has 0 aliphatic heterocycles. The largest absolute Gasteiger partial charge is 0.507 e. The van der Waals surface area contributed by atoms with Crippen molar-refractivity contribution in [2.75, 3.05) is 28.3 Å². The third-order valence-corrected chi connectivity index (χ3v) is 8.34. The van der Waals surface area contributed by atoms with Crippen LogP contribution in [-0.4, -0.2) is 94.1 Å². The molecule has 2 aromatic rings. The number of ketones is 4. The third-order valence-electron chi connectivity index (χ3n) is 8.34. The average Bonchev–Trinajstić information content (AvgIpc) is 2.90. The number of fused-ring (bicyclic) bond motifs is 3. The lowest BCUT2D eigenvalue weighted by Crippen LogP contribution is -2.74. The topological polar surface area (TPSA) is 199 Å². The first-order valence-electron chi connectivity index (χ1n) is 12.5. The molecule has 1 heterocycles. The summed E-state index contributed by atoms with van der Waals surface area (Å²) in [4.78, 5) is 76.2. The van der Waals surface area contributed by atoms with E-state index in [2.05, 4.69) is 9.97 Å². The summed E-state index contributed by atoms with van der Waals surface area (Å²) < 4.78 is 10.5. The maximum atomic E-state index is 13.9. The molecule has 40 heavy (non-hydrogen) atoms. The predicted octanol–water partition coefficient (Wildman–Crippen LogP) is -0.659. The van der Waals surface area contributed by atoms with Crippen molar-refractivity contribution in [1.82, 2.24) is 14.9 Å². The van der Waals surface area contributed by atoms with E-state index in [-0.39, 0.29) is 36.0 Å². The molecule has 0 spiro atoms. The molecule has 1 aromatic heterocycles. The van der Waals surface area contributed by atoms with Crippen molar-refractivity contribution in [2.24, 2.45) is 29.4 Å². The predicted molar refractivity (Wildman–Crippen MR) is 135 cm³/mol. The number of nitrogens with two attached hydrogens (primary N) is 1. The molecule has 5 rings (SSSR count). The molecule has 3 aliphatic carbocycles. The van der Waals surface area contributed by atoms with Crippen LogP contribution in [-0.2, 0) is 25.6 Å². The maximum Gasteiger partial charge on any atom is 0.319 e. The molecule has 1 amide bonds. The summed E-state index contributed by atoms with van der Waals surface area (Å²) in [6.07, 6.45) is 1.48. The number of benzene rings is 1. The number of aromatic hydroxyl groups is 1. The van der Waals surface area contributed by atoms with Crippen molar-refractivity contribution in [2.45, 2.75) is 24.5 Å². The quantitative estimate of drug-likeness (QED) is 0.396. The smallest absolute Gasteiger partial charge is 0.319 e. The van der Waals surface area contributed by atoms with Gasteiger partial charge in [-0.05, 0) is 50.0 Å². The summed E-state index contributed by atoms with van der Waals surface area (Å²) in [6, 6.07) is 1.73. The molecule has 13 nitrogen and oxygen atoms in total. The fourth-order valence-corrected chi connectivity index (χ4v) is 6.65. The number of aromatic nitrogens is 2. The zero-order valence-electron chi connectivity index (χ0n) is 22.2. The highest BCUT2D eigenvalue weighted by Crippen LogP contribution is 2.52. The number of hydrogen-bond acceptors (Lipinski definition) is 12. The fourth-order valence-electron chi connectivity index (χ4n) is 6.65. The third kappa shape index (κ3) is 3.64. The number of amides is 1. The summed E-state index contributed by atoms with van der Waals surface area (Å²) in [5.74, 6) is -11.0. The number of primary amides is 1. The summed E-state index contributed by atoms with van der Waals surface area (Å²) in [7, 11) is 5.85. The van der Waals surface area contributed by atoms with E-state index in [0.29, 0.717) is 16.7 Å². The molecule has 0 bridgehead atoms. The van der Waals surface area contributed by atoms with Crippen LogP contribution in [0.2, 0.25) is 0 Å². The Labute approximate surface area is 228 Å². The lowest BCUT2D eigenvalue weighted by Gasteiger charge is -2.52.